The lowest BCUT2D eigenvalue weighted by atomic mass is 9.99. The van der Waals surface area contributed by atoms with Gasteiger partial charge in [0.1, 0.15) is 11.7 Å². The summed E-state index contributed by atoms with van der Waals surface area (Å²) >= 11 is 0. The van der Waals surface area contributed by atoms with Crippen LogP contribution in [-0.2, 0) is 11.2 Å². The Morgan fingerprint density at radius 1 is 1.59 bits per heavy atom. The van der Waals surface area contributed by atoms with Crippen molar-refractivity contribution in [2.24, 2.45) is 5.92 Å². The molecule has 0 saturated heterocycles. The Kier molecular flexibility index (Phi) is 5.02. The van der Waals surface area contributed by atoms with E-state index in [1.54, 1.807) is 24.3 Å². The molecule has 0 radical (unpaired) electrons. The Morgan fingerprint density at radius 2 is 2.35 bits per heavy atom. The number of nitrogens with zero attached hydrogens (tertiary/aromatic N) is 1. The van der Waals surface area contributed by atoms with E-state index < -0.39 is 5.92 Å². The van der Waals surface area contributed by atoms with Crippen LogP contribution in [0.3, 0.4) is 0 Å². The van der Waals surface area contributed by atoms with Gasteiger partial charge in [-0.05, 0) is 30.5 Å². The van der Waals surface area contributed by atoms with E-state index in [4.69, 9.17) is 5.26 Å². The minimum Gasteiger partial charge on any atom is -0.508 e. The van der Waals surface area contributed by atoms with E-state index in [-0.39, 0.29) is 11.7 Å². The Labute approximate surface area is 101 Å². The maximum Gasteiger partial charge on any atom is 0.237 e. The largest absolute Gasteiger partial charge is 0.508 e. The van der Waals surface area contributed by atoms with Crippen LogP contribution in [0.25, 0.3) is 0 Å². The molecule has 0 aliphatic rings. The fraction of sp³-hybridized carbons (Fsp3) is 0.385. The minimum atomic E-state index is -0.705. The molecule has 1 atom stereocenters. The predicted molar refractivity (Wildman–Crippen MR) is 64.2 cm³/mol. The number of hydrogen-bond acceptors (Lipinski definition) is 3. The van der Waals surface area contributed by atoms with E-state index in [0.717, 1.165) is 12.0 Å². The van der Waals surface area contributed by atoms with Crippen LogP contribution in [0.1, 0.15) is 18.9 Å². The van der Waals surface area contributed by atoms with Gasteiger partial charge in [-0.2, -0.15) is 5.26 Å². The number of carbonyl (C=O) groups excluding carboxylic acids is 1. The molecule has 0 spiro atoms. The van der Waals surface area contributed by atoms with Gasteiger partial charge in [-0.1, -0.05) is 19.1 Å². The molecular formula is C13H16N2O2. The van der Waals surface area contributed by atoms with Gasteiger partial charge in [0.15, 0.2) is 0 Å². The first-order valence-electron chi connectivity index (χ1n) is 5.62. The van der Waals surface area contributed by atoms with E-state index in [1.807, 2.05) is 13.0 Å². The first-order valence-corrected chi connectivity index (χ1v) is 5.62. The van der Waals surface area contributed by atoms with Gasteiger partial charge in [-0.3, -0.25) is 4.79 Å². The number of rotatable bonds is 5. The molecule has 1 unspecified atom stereocenters. The van der Waals surface area contributed by atoms with Gasteiger partial charge < -0.3 is 10.4 Å². The van der Waals surface area contributed by atoms with E-state index >= 15 is 0 Å². The van der Waals surface area contributed by atoms with Crippen LogP contribution in [0.2, 0.25) is 0 Å². The van der Waals surface area contributed by atoms with Gasteiger partial charge in [-0.25, -0.2) is 0 Å². The SMILES string of the molecule is CCCNC(=O)C(C#N)Cc1cccc(O)c1. The third kappa shape index (κ3) is 4.15. The molecule has 0 aliphatic carbocycles. The van der Waals surface area contributed by atoms with Gasteiger partial charge in [-0.15, -0.1) is 0 Å². The van der Waals surface area contributed by atoms with Crippen molar-refractivity contribution in [1.29, 1.82) is 5.26 Å². The second-order valence-corrected chi connectivity index (χ2v) is 3.85. The predicted octanol–water partition coefficient (Wildman–Crippen LogP) is 1.60. The van der Waals surface area contributed by atoms with Crippen LogP contribution in [0.15, 0.2) is 24.3 Å². The lowest BCUT2D eigenvalue weighted by Crippen LogP contribution is -2.31. The van der Waals surface area contributed by atoms with Crippen molar-refractivity contribution in [3.05, 3.63) is 29.8 Å². The Balaban J connectivity index is 2.64. The maximum atomic E-state index is 11.6. The third-order valence-electron chi connectivity index (χ3n) is 2.37. The van der Waals surface area contributed by atoms with Gasteiger partial charge in [0.05, 0.1) is 6.07 Å². The van der Waals surface area contributed by atoms with Crippen LogP contribution in [0.4, 0.5) is 0 Å². The van der Waals surface area contributed by atoms with E-state index in [0.29, 0.717) is 13.0 Å². The fourth-order valence-electron chi connectivity index (χ4n) is 1.49. The fourth-order valence-corrected chi connectivity index (χ4v) is 1.49. The molecule has 1 aromatic carbocycles. The number of phenolic OH excluding ortho intramolecular Hbond substituents is 1. The van der Waals surface area contributed by atoms with Gasteiger partial charge in [0, 0.05) is 6.54 Å². The van der Waals surface area contributed by atoms with Gasteiger partial charge >= 0.3 is 0 Å². The Hall–Kier alpha value is -2.02. The summed E-state index contributed by atoms with van der Waals surface area (Å²) in [7, 11) is 0. The van der Waals surface area contributed by atoms with Crippen molar-refractivity contribution >= 4 is 5.91 Å². The molecule has 1 aromatic rings. The highest BCUT2D eigenvalue weighted by atomic mass is 16.3. The highest BCUT2D eigenvalue weighted by Gasteiger charge is 2.17. The zero-order valence-electron chi connectivity index (χ0n) is 9.81. The monoisotopic (exact) mass is 232 g/mol. The number of carbonyl (C=O) groups is 1. The lowest BCUT2D eigenvalue weighted by molar-refractivity contribution is -0.123. The number of hydrogen-bond donors (Lipinski definition) is 2. The lowest BCUT2D eigenvalue weighted by Gasteiger charge is -2.09. The summed E-state index contributed by atoms with van der Waals surface area (Å²) in [5.41, 5.74) is 0.781. The summed E-state index contributed by atoms with van der Waals surface area (Å²) in [6.45, 7) is 2.54. The molecule has 4 heteroatoms. The molecule has 1 rings (SSSR count). The molecule has 4 nitrogen and oxygen atoms in total. The van der Waals surface area contributed by atoms with Crippen LogP contribution in [0, 0.1) is 17.2 Å². The number of amides is 1. The topological polar surface area (TPSA) is 73.1 Å². The average molecular weight is 232 g/mol. The smallest absolute Gasteiger partial charge is 0.237 e. The summed E-state index contributed by atoms with van der Waals surface area (Å²) in [4.78, 5) is 11.6. The second-order valence-electron chi connectivity index (χ2n) is 3.85. The second kappa shape index (κ2) is 6.54. The number of nitrogens with one attached hydrogen (secondary N) is 1. The summed E-state index contributed by atoms with van der Waals surface area (Å²) in [5, 5.41) is 20.9. The molecule has 0 saturated carbocycles. The van der Waals surface area contributed by atoms with E-state index in [1.165, 1.54) is 0 Å². The van der Waals surface area contributed by atoms with Gasteiger partial charge in [0.2, 0.25) is 5.91 Å². The summed E-state index contributed by atoms with van der Waals surface area (Å²) in [6.07, 6.45) is 1.16. The van der Waals surface area contributed by atoms with Crippen molar-refractivity contribution in [3.63, 3.8) is 0 Å². The molecule has 0 aliphatic heterocycles. The Bertz CT molecular complexity index is 424. The van der Waals surface area contributed by atoms with E-state index in [2.05, 4.69) is 5.32 Å². The van der Waals surface area contributed by atoms with E-state index in [9.17, 15) is 9.90 Å². The number of aromatic hydroxyl groups is 1. The standard InChI is InChI=1S/C13H16N2O2/c1-2-6-15-13(17)11(9-14)7-10-4-3-5-12(16)8-10/h3-5,8,11,16H,2,6-7H2,1H3,(H,15,17). The van der Waals surface area contributed by atoms with Crippen molar-refractivity contribution < 1.29 is 9.90 Å². The maximum absolute atomic E-state index is 11.6. The zero-order valence-corrected chi connectivity index (χ0v) is 9.81. The first kappa shape index (κ1) is 13.0. The minimum absolute atomic E-state index is 0.146. The highest BCUT2D eigenvalue weighted by molar-refractivity contribution is 5.81. The number of nitriles is 1. The molecule has 0 fully saturated rings. The average Bonchev–Trinajstić information content (AvgIpc) is 2.33. The van der Waals surface area contributed by atoms with Crippen molar-refractivity contribution in [2.75, 3.05) is 6.54 Å². The Morgan fingerprint density at radius 3 is 2.94 bits per heavy atom. The molecule has 17 heavy (non-hydrogen) atoms. The van der Waals surface area contributed by atoms with Crippen molar-refractivity contribution in [2.45, 2.75) is 19.8 Å². The van der Waals surface area contributed by atoms with Crippen molar-refractivity contribution in [3.8, 4) is 11.8 Å². The molecular weight excluding hydrogens is 216 g/mol. The normalized spacial score (nSPS) is 11.5. The van der Waals surface area contributed by atoms with Crippen LogP contribution in [0.5, 0.6) is 5.75 Å². The first-order chi connectivity index (χ1) is 8.17. The number of phenols is 1. The zero-order chi connectivity index (χ0) is 12.7. The molecule has 0 bridgehead atoms. The molecule has 90 valence electrons. The van der Waals surface area contributed by atoms with Crippen molar-refractivity contribution in [1.82, 2.24) is 5.32 Å². The quantitative estimate of drug-likeness (QED) is 0.809. The third-order valence-corrected chi connectivity index (χ3v) is 2.37. The molecule has 0 aromatic heterocycles. The van der Waals surface area contributed by atoms with Crippen LogP contribution >= 0.6 is 0 Å². The number of benzene rings is 1. The van der Waals surface area contributed by atoms with Crippen LogP contribution in [-0.4, -0.2) is 17.6 Å². The van der Waals surface area contributed by atoms with Gasteiger partial charge in [0.25, 0.3) is 0 Å². The highest BCUT2D eigenvalue weighted by Crippen LogP contribution is 2.14. The summed E-state index contributed by atoms with van der Waals surface area (Å²) < 4.78 is 0. The summed E-state index contributed by atoms with van der Waals surface area (Å²) in [5.74, 6) is -0.811. The molecule has 2 N–H and O–H groups in total. The molecule has 1 amide bonds. The summed E-state index contributed by atoms with van der Waals surface area (Å²) in [6, 6.07) is 8.60. The molecule has 0 heterocycles. The van der Waals surface area contributed by atoms with Crippen LogP contribution < -0.4 is 5.32 Å².